The van der Waals surface area contributed by atoms with Crippen molar-refractivity contribution in [3.63, 3.8) is 0 Å². The molecule has 3 nitrogen and oxygen atoms in total. The van der Waals surface area contributed by atoms with E-state index in [1.165, 1.54) is 11.1 Å². The molecule has 3 rings (SSSR count). The molecule has 2 aromatic carbocycles. The summed E-state index contributed by atoms with van der Waals surface area (Å²) < 4.78 is 0. The van der Waals surface area contributed by atoms with Gasteiger partial charge in [-0.3, -0.25) is 0 Å². The Kier molecular flexibility index (Phi) is 5.21. The topological polar surface area (TPSA) is 60.7 Å². The van der Waals surface area contributed by atoms with E-state index in [4.69, 9.17) is 5.11 Å². The number of aliphatic hydroxyl groups is 1. The van der Waals surface area contributed by atoms with Crippen LogP contribution in [-0.2, 0) is 0 Å². The van der Waals surface area contributed by atoms with Gasteiger partial charge in [0.1, 0.15) is 11.5 Å². The van der Waals surface area contributed by atoms with Gasteiger partial charge in [-0.05, 0) is 79.0 Å². The largest absolute Gasteiger partial charge is 0.508 e. The van der Waals surface area contributed by atoms with Crippen molar-refractivity contribution in [3.05, 3.63) is 65.2 Å². The number of phenolic OH excluding ortho intramolecular Hbond substituents is 2. The highest BCUT2D eigenvalue weighted by molar-refractivity contribution is 5.82. The van der Waals surface area contributed by atoms with Gasteiger partial charge >= 0.3 is 0 Å². The quantitative estimate of drug-likeness (QED) is 0.777. The van der Waals surface area contributed by atoms with Gasteiger partial charge in [0.2, 0.25) is 0 Å². The summed E-state index contributed by atoms with van der Waals surface area (Å²) >= 11 is 0. The number of benzene rings is 2. The number of rotatable bonds is 4. The molecular formula is C21H24O3. The minimum atomic E-state index is 0.264. The SMILES string of the molecule is OCCC1CCC(=C(c2ccc(O)cc2)c2ccc(O)cc2)CC1. The number of hydrogen-bond acceptors (Lipinski definition) is 3. The lowest BCUT2D eigenvalue weighted by atomic mass is 9.79. The molecule has 1 fully saturated rings. The van der Waals surface area contributed by atoms with E-state index in [0.29, 0.717) is 5.92 Å². The molecule has 0 bridgehead atoms. The molecule has 0 amide bonds. The molecule has 1 aliphatic carbocycles. The minimum absolute atomic E-state index is 0.264. The van der Waals surface area contributed by atoms with Crippen LogP contribution in [0.5, 0.6) is 11.5 Å². The number of phenols is 2. The molecular weight excluding hydrogens is 300 g/mol. The van der Waals surface area contributed by atoms with E-state index in [1.807, 2.05) is 24.3 Å². The molecule has 0 radical (unpaired) electrons. The van der Waals surface area contributed by atoms with Crippen LogP contribution < -0.4 is 0 Å². The Morgan fingerprint density at radius 2 is 1.25 bits per heavy atom. The maximum absolute atomic E-state index is 9.58. The van der Waals surface area contributed by atoms with E-state index >= 15 is 0 Å². The average molecular weight is 324 g/mol. The fourth-order valence-electron chi connectivity index (χ4n) is 3.58. The van der Waals surface area contributed by atoms with Crippen molar-refractivity contribution in [2.75, 3.05) is 6.61 Å². The summed E-state index contributed by atoms with van der Waals surface area (Å²) in [6, 6.07) is 14.7. The summed E-state index contributed by atoms with van der Waals surface area (Å²) in [6.45, 7) is 0.270. The summed E-state index contributed by atoms with van der Waals surface area (Å²) in [5, 5.41) is 28.3. The van der Waals surface area contributed by atoms with Crippen LogP contribution in [0.2, 0.25) is 0 Å². The highest BCUT2D eigenvalue weighted by Crippen LogP contribution is 2.38. The maximum atomic E-state index is 9.58. The summed E-state index contributed by atoms with van der Waals surface area (Å²) in [5.41, 5.74) is 4.81. The van der Waals surface area contributed by atoms with Crippen molar-refractivity contribution in [2.45, 2.75) is 32.1 Å². The molecule has 0 spiro atoms. The Labute approximate surface area is 142 Å². The number of aliphatic hydroxyl groups excluding tert-OH is 1. The molecule has 126 valence electrons. The Morgan fingerprint density at radius 1 is 0.792 bits per heavy atom. The third-order valence-corrected chi connectivity index (χ3v) is 4.91. The van der Waals surface area contributed by atoms with Crippen molar-refractivity contribution in [2.24, 2.45) is 5.92 Å². The normalized spacial score (nSPS) is 17.7. The highest BCUT2D eigenvalue weighted by Gasteiger charge is 2.20. The van der Waals surface area contributed by atoms with Crippen LogP contribution in [0.4, 0.5) is 0 Å². The Hall–Kier alpha value is -2.26. The zero-order valence-electron chi connectivity index (χ0n) is 13.8. The first-order valence-electron chi connectivity index (χ1n) is 8.59. The van der Waals surface area contributed by atoms with E-state index in [0.717, 1.165) is 43.2 Å². The van der Waals surface area contributed by atoms with Gasteiger partial charge in [-0.15, -0.1) is 0 Å². The van der Waals surface area contributed by atoms with Crippen LogP contribution in [0.15, 0.2) is 54.1 Å². The van der Waals surface area contributed by atoms with Gasteiger partial charge in [-0.2, -0.15) is 0 Å². The summed E-state index contributed by atoms with van der Waals surface area (Å²) in [5.74, 6) is 1.14. The molecule has 0 unspecified atom stereocenters. The summed E-state index contributed by atoms with van der Waals surface area (Å²) in [7, 11) is 0. The van der Waals surface area contributed by atoms with Gasteiger partial charge in [-0.1, -0.05) is 29.8 Å². The van der Waals surface area contributed by atoms with E-state index in [2.05, 4.69) is 0 Å². The molecule has 2 aromatic rings. The molecule has 3 heteroatoms. The van der Waals surface area contributed by atoms with E-state index < -0.39 is 0 Å². The lowest BCUT2D eigenvalue weighted by molar-refractivity contribution is 0.240. The number of aromatic hydroxyl groups is 2. The van der Waals surface area contributed by atoms with E-state index in [-0.39, 0.29) is 18.1 Å². The van der Waals surface area contributed by atoms with Crippen molar-refractivity contribution in [3.8, 4) is 11.5 Å². The highest BCUT2D eigenvalue weighted by atomic mass is 16.3. The predicted molar refractivity (Wildman–Crippen MR) is 95.9 cm³/mol. The van der Waals surface area contributed by atoms with Crippen LogP contribution in [0, 0.1) is 5.92 Å². The molecule has 0 heterocycles. The fourth-order valence-corrected chi connectivity index (χ4v) is 3.58. The first-order chi connectivity index (χ1) is 11.7. The predicted octanol–water partition coefficient (Wildman–Crippen LogP) is 4.47. The third-order valence-electron chi connectivity index (χ3n) is 4.91. The summed E-state index contributed by atoms with van der Waals surface area (Å²) in [6.07, 6.45) is 5.16. The Morgan fingerprint density at radius 3 is 1.67 bits per heavy atom. The Balaban J connectivity index is 1.97. The maximum Gasteiger partial charge on any atom is 0.115 e. The second kappa shape index (κ2) is 7.54. The van der Waals surface area contributed by atoms with Crippen LogP contribution in [0.1, 0.15) is 43.2 Å². The van der Waals surface area contributed by atoms with Crippen LogP contribution in [0.25, 0.3) is 5.57 Å². The molecule has 0 atom stereocenters. The van der Waals surface area contributed by atoms with Crippen LogP contribution in [-0.4, -0.2) is 21.9 Å². The number of hydrogen-bond donors (Lipinski definition) is 3. The van der Waals surface area contributed by atoms with Crippen LogP contribution >= 0.6 is 0 Å². The van der Waals surface area contributed by atoms with Crippen molar-refractivity contribution >= 4 is 5.57 Å². The fraction of sp³-hybridized carbons (Fsp3) is 0.333. The first-order valence-corrected chi connectivity index (χ1v) is 8.59. The van der Waals surface area contributed by atoms with Gasteiger partial charge in [0.15, 0.2) is 0 Å². The monoisotopic (exact) mass is 324 g/mol. The molecule has 1 saturated carbocycles. The van der Waals surface area contributed by atoms with Gasteiger partial charge < -0.3 is 15.3 Å². The van der Waals surface area contributed by atoms with Crippen molar-refractivity contribution in [1.29, 1.82) is 0 Å². The zero-order chi connectivity index (χ0) is 16.9. The summed E-state index contributed by atoms with van der Waals surface area (Å²) in [4.78, 5) is 0. The van der Waals surface area contributed by atoms with E-state index in [9.17, 15) is 10.2 Å². The zero-order valence-corrected chi connectivity index (χ0v) is 13.8. The molecule has 0 aliphatic heterocycles. The van der Waals surface area contributed by atoms with Gasteiger partial charge in [0.05, 0.1) is 0 Å². The smallest absolute Gasteiger partial charge is 0.115 e. The van der Waals surface area contributed by atoms with Crippen LogP contribution in [0.3, 0.4) is 0 Å². The first kappa shape index (κ1) is 16.6. The average Bonchev–Trinajstić information content (AvgIpc) is 2.60. The lowest BCUT2D eigenvalue weighted by Crippen LogP contribution is -2.11. The molecule has 1 aliphatic rings. The second-order valence-corrected chi connectivity index (χ2v) is 6.53. The van der Waals surface area contributed by atoms with E-state index in [1.54, 1.807) is 24.3 Å². The van der Waals surface area contributed by atoms with Gasteiger partial charge in [0, 0.05) is 6.61 Å². The number of allylic oxidation sites excluding steroid dienone is 1. The van der Waals surface area contributed by atoms with Gasteiger partial charge in [0.25, 0.3) is 0 Å². The third kappa shape index (κ3) is 3.80. The minimum Gasteiger partial charge on any atom is -0.508 e. The lowest BCUT2D eigenvalue weighted by Gasteiger charge is -2.26. The molecule has 0 saturated heterocycles. The van der Waals surface area contributed by atoms with Crippen molar-refractivity contribution in [1.82, 2.24) is 0 Å². The second-order valence-electron chi connectivity index (χ2n) is 6.53. The molecule has 0 aromatic heterocycles. The standard InChI is InChI=1S/C21H24O3/c22-14-13-15-1-3-16(4-2-15)21(17-5-9-19(23)10-6-17)18-7-11-20(24)12-8-18/h5-12,15,22-24H,1-4,13-14H2. The molecule has 24 heavy (non-hydrogen) atoms. The van der Waals surface area contributed by atoms with Crippen molar-refractivity contribution < 1.29 is 15.3 Å². The molecule has 3 N–H and O–H groups in total. The Bertz CT molecular complexity index is 641. The van der Waals surface area contributed by atoms with Gasteiger partial charge in [-0.25, -0.2) is 0 Å².